The number of ether oxygens (including phenoxy) is 3. The van der Waals surface area contributed by atoms with E-state index in [0.717, 1.165) is 0 Å². The van der Waals surface area contributed by atoms with Crippen LogP contribution >= 0.6 is 0 Å². The zero-order chi connectivity index (χ0) is 21.0. The van der Waals surface area contributed by atoms with Crippen LogP contribution in [0.2, 0.25) is 0 Å². The van der Waals surface area contributed by atoms with E-state index in [-0.39, 0.29) is 11.8 Å². The number of amides is 2. The van der Waals surface area contributed by atoms with Gasteiger partial charge >= 0.3 is 0 Å². The molecule has 0 aromatic heterocycles. The number of carbonyl (C=O) groups is 2. The third-order valence-electron chi connectivity index (χ3n) is 5.01. The second kappa shape index (κ2) is 8.66. The molecule has 0 fully saturated rings. The van der Waals surface area contributed by atoms with Gasteiger partial charge in [0.05, 0.1) is 24.3 Å². The molecule has 1 heterocycles. The standard InChI is InChI=1S/C23H27NO5/c1-5-23(29-8-4,16-13-14-19(27-6-2)20(15-16)28-7-3)24-21(25)17-11-9-10-12-18(17)22(24)26/h9-15H,5-8H2,1-4H3. The van der Waals surface area contributed by atoms with Crippen LogP contribution in [0.4, 0.5) is 0 Å². The van der Waals surface area contributed by atoms with Crippen molar-refractivity contribution in [2.45, 2.75) is 39.8 Å². The largest absolute Gasteiger partial charge is 0.490 e. The molecule has 29 heavy (non-hydrogen) atoms. The number of fused-ring (bicyclic) bond motifs is 1. The maximum atomic E-state index is 13.2. The third-order valence-corrected chi connectivity index (χ3v) is 5.01. The molecular weight excluding hydrogens is 370 g/mol. The van der Waals surface area contributed by atoms with Crippen molar-refractivity contribution < 1.29 is 23.8 Å². The molecule has 0 saturated carbocycles. The lowest BCUT2D eigenvalue weighted by Gasteiger charge is -2.40. The van der Waals surface area contributed by atoms with Crippen LogP contribution in [0, 0.1) is 0 Å². The summed E-state index contributed by atoms with van der Waals surface area (Å²) in [6.45, 7) is 8.84. The van der Waals surface area contributed by atoms with Gasteiger partial charge in [-0.3, -0.25) is 9.59 Å². The zero-order valence-electron chi connectivity index (χ0n) is 17.4. The summed E-state index contributed by atoms with van der Waals surface area (Å²) in [5.74, 6) is 0.462. The molecule has 2 amide bonds. The molecule has 2 aromatic carbocycles. The van der Waals surface area contributed by atoms with Gasteiger partial charge in [-0.25, -0.2) is 4.90 Å². The summed E-state index contributed by atoms with van der Waals surface area (Å²) in [5.41, 5.74) is 0.221. The Morgan fingerprint density at radius 2 is 1.38 bits per heavy atom. The van der Waals surface area contributed by atoms with Crippen molar-refractivity contribution in [1.29, 1.82) is 0 Å². The molecule has 1 aliphatic rings. The number of benzene rings is 2. The molecule has 1 atom stereocenters. The number of nitrogens with zero attached hydrogens (tertiary/aromatic N) is 1. The summed E-state index contributed by atoms with van der Waals surface area (Å²) in [6.07, 6.45) is 0.395. The van der Waals surface area contributed by atoms with Crippen molar-refractivity contribution in [3.8, 4) is 11.5 Å². The molecule has 3 rings (SSSR count). The van der Waals surface area contributed by atoms with Crippen LogP contribution in [0.25, 0.3) is 0 Å². The quantitative estimate of drug-likeness (QED) is 0.588. The Bertz CT molecular complexity index is 875. The first-order valence-corrected chi connectivity index (χ1v) is 10.1. The Hall–Kier alpha value is -2.86. The van der Waals surface area contributed by atoms with Gasteiger partial charge < -0.3 is 14.2 Å². The van der Waals surface area contributed by atoms with E-state index in [0.29, 0.717) is 54.4 Å². The first-order valence-electron chi connectivity index (χ1n) is 10.1. The molecule has 0 N–H and O–H groups in total. The highest BCUT2D eigenvalue weighted by Crippen LogP contribution is 2.42. The fourth-order valence-electron chi connectivity index (χ4n) is 3.79. The van der Waals surface area contributed by atoms with Crippen molar-refractivity contribution in [2.75, 3.05) is 19.8 Å². The van der Waals surface area contributed by atoms with Gasteiger partial charge in [0.1, 0.15) is 0 Å². The van der Waals surface area contributed by atoms with E-state index in [4.69, 9.17) is 14.2 Å². The predicted octanol–water partition coefficient (Wildman–Crippen LogP) is 4.38. The van der Waals surface area contributed by atoms with Crippen molar-refractivity contribution in [2.24, 2.45) is 0 Å². The van der Waals surface area contributed by atoms with Crippen molar-refractivity contribution >= 4 is 11.8 Å². The maximum Gasteiger partial charge on any atom is 0.264 e. The second-order valence-electron chi connectivity index (χ2n) is 6.59. The van der Waals surface area contributed by atoms with Gasteiger partial charge in [-0.15, -0.1) is 0 Å². The fraction of sp³-hybridized carbons (Fsp3) is 0.391. The van der Waals surface area contributed by atoms with E-state index in [9.17, 15) is 9.59 Å². The zero-order valence-corrected chi connectivity index (χ0v) is 17.4. The van der Waals surface area contributed by atoms with E-state index < -0.39 is 5.72 Å². The van der Waals surface area contributed by atoms with Crippen molar-refractivity contribution in [3.05, 3.63) is 59.2 Å². The highest BCUT2D eigenvalue weighted by Gasteiger charge is 2.50. The van der Waals surface area contributed by atoms with E-state index in [1.165, 1.54) is 4.90 Å². The van der Waals surface area contributed by atoms with Gasteiger partial charge in [-0.1, -0.05) is 25.1 Å². The Balaban J connectivity index is 2.15. The van der Waals surface area contributed by atoms with E-state index in [2.05, 4.69) is 0 Å². The Morgan fingerprint density at radius 1 is 0.793 bits per heavy atom. The van der Waals surface area contributed by atoms with Gasteiger partial charge in [0.2, 0.25) is 0 Å². The smallest absolute Gasteiger partial charge is 0.264 e. The number of hydrogen-bond acceptors (Lipinski definition) is 5. The monoisotopic (exact) mass is 397 g/mol. The third kappa shape index (κ3) is 3.49. The van der Waals surface area contributed by atoms with Crippen molar-refractivity contribution in [3.63, 3.8) is 0 Å². The van der Waals surface area contributed by atoms with Crippen LogP contribution in [0.1, 0.15) is 60.4 Å². The minimum Gasteiger partial charge on any atom is -0.490 e. The highest BCUT2D eigenvalue weighted by atomic mass is 16.5. The summed E-state index contributed by atoms with van der Waals surface area (Å²) in [5, 5.41) is 0. The summed E-state index contributed by atoms with van der Waals surface area (Å²) >= 11 is 0. The first-order chi connectivity index (χ1) is 14.0. The highest BCUT2D eigenvalue weighted by molar-refractivity contribution is 6.21. The van der Waals surface area contributed by atoms with Gasteiger partial charge in [0, 0.05) is 12.2 Å². The average molecular weight is 397 g/mol. The molecule has 6 nitrogen and oxygen atoms in total. The molecular formula is C23H27NO5. The molecule has 2 aromatic rings. The Labute approximate surface area is 171 Å². The lowest BCUT2D eigenvalue weighted by molar-refractivity contribution is -0.126. The molecule has 0 radical (unpaired) electrons. The van der Waals surface area contributed by atoms with Gasteiger partial charge in [0.15, 0.2) is 17.2 Å². The predicted molar refractivity (Wildman–Crippen MR) is 109 cm³/mol. The average Bonchev–Trinajstić information content (AvgIpc) is 2.99. The SMILES string of the molecule is CCOc1ccc(C(CC)(OCC)N2C(=O)c3ccccc3C2=O)cc1OCC. The van der Waals surface area contributed by atoms with E-state index in [1.54, 1.807) is 36.4 Å². The van der Waals surface area contributed by atoms with Crippen LogP contribution in [0.15, 0.2) is 42.5 Å². The van der Waals surface area contributed by atoms with Crippen LogP contribution in [0.5, 0.6) is 11.5 Å². The molecule has 0 saturated heterocycles. The Kier molecular flexibility index (Phi) is 6.23. The second-order valence-corrected chi connectivity index (χ2v) is 6.59. The number of hydrogen-bond donors (Lipinski definition) is 0. The summed E-state index contributed by atoms with van der Waals surface area (Å²) in [4.78, 5) is 27.7. The first kappa shape index (κ1) is 20.9. The molecule has 6 heteroatoms. The van der Waals surface area contributed by atoms with E-state index in [1.807, 2.05) is 33.8 Å². The number of rotatable bonds is 9. The number of carbonyl (C=O) groups excluding carboxylic acids is 2. The normalized spacial score (nSPS) is 15.2. The van der Waals surface area contributed by atoms with Crippen LogP contribution in [-0.4, -0.2) is 36.5 Å². The fourth-order valence-corrected chi connectivity index (χ4v) is 3.79. The summed E-state index contributed by atoms with van der Waals surface area (Å²) in [7, 11) is 0. The van der Waals surface area contributed by atoms with Crippen molar-refractivity contribution in [1.82, 2.24) is 4.90 Å². The summed E-state index contributed by atoms with van der Waals surface area (Å²) in [6, 6.07) is 12.3. The van der Waals surface area contributed by atoms with Crippen LogP contribution < -0.4 is 9.47 Å². The van der Waals surface area contributed by atoms with Crippen LogP contribution in [-0.2, 0) is 10.5 Å². The minimum atomic E-state index is -1.24. The maximum absolute atomic E-state index is 13.2. The molecule has 0 spiro atoms. The molecule has 1 unspecified atom stereocenters. The Morgan fingerprint density at radius 3 is 1.90 bits per heavy atom. The topological polar surface area (TPSA) is 65.1 Å². The molecule has 1 aliphatic heterocycles. The lowest BCUT2D eigenvalue weighted by Crippen LogP contribution is -2.51. The molecule has 0 bridgehead atoms. The van der Waals surface area contributed by atoms with Crippen LogP contribution in [0.3, 0.4) is 0 Å². The summed E-state index contributed by atoms with van der Waals surface area (Å²) < 4.78 is 17.6. The van der Waals surface area contributed by atoms with Gasteiger partial charge in [0.25, 0.3) is 11.8 Å². The number of imide groups is 1. The lowest BCUT2D eigenvalue weighted by atomic mass is 9.96. The van der Waals surface area contributed by atoms with Gasteiger partial charge in [-0.05, 0) is 51.5 Å². The van der Waals surface area contributed by atoms with E-state index >= 15 is 0 Å². The van der Waals surface area contributed by atoms with Gasteiger partial charge in [-0.2, -0.15) is 0 Å². The molecule has 0 aliphatic carbocycles. The molecule has 154 valence electrons. The minimum absolute atomic E-state index is 0.332.